The smallest absolute Gasteiger partial charge is 0.277 e. The van der Waals surface area contributed by atoms with Crippen LogP contribution in [0.25, 0.3) is 11.5 Å². The zero-order valence-corrected chi connectivity index (χ0v) is 15.8. The molecule has 1 aliphatic heterocycles. The van der Waals surface area contributed by atoms with E-state index in [0.717, 1.165) is 5.56 Å². The second-order valence-corrected chi connectivity index (χ2v) is 7.26. The molecule has 8 heteroatoms. The van der Waals surface area contributed by atoms with E-state index in [9.17, 15) is 9.18 Å². The zero-order chi connectivity index (χ0) is 19.3. The van der Waals surface area contributed by atoms with Gasteiger partial charge in [-0.15, -0.1) is 10.2 Å². The molecule has 6 nitrogen and oxygen atoms in total. The summed E-state index contributed by atoms with van der Waals surface area (Å²) in [5.41, 5.74) is 1.08. The number of rotatable bonds is 5. The number of morpholine rings is 1. The van der Waals surface area contributed by atoms with Crippen molar-refractivity contribution in [3.05, 3.63) is 66.0 Å². The lowest BCUT2D eigenvalue weighted by molar-refractivity contribution is -0.134. The molecule has 1 saturated heterocycles. The highest BCUT2D eigenvalue weighted by Crippen LogP contribution is 2.37. The van der Waals surface area contributed by atoms with E-state index >= 15 is 0 Å². The number of benzene rings is 2. The first-order valence-electron chi connectivity index (χ1n) is 8.89. The molecule has 0 aliphatic carbocycles. The van der Waals surface area contributed by atoms with E-state index in [1.165, 1.54) is 17.8 Å². The van der Waals surface area contributed by atoms with Crippen LogP contribution in [0.1, 0.15) is 10.8 Å². The Balaban J connectivity index is 1.59. The first kappa shape index (κ1) is 18.6. The van der Waals surface area contributed by atoms with E-state index in [4.69, 9.17) is 9.15 Å². The number of thioether (sulfide) groups is 1. The maximum Gasteiger partial charge on any atom is 0.277 e. The molecule has 0 radical (unpaired) electrons. The fourth-order valence-corrected chi connectivity index (χ4v) is 3.90. The Kier molecular flexibility index (Phi) is 5.68. The van der Waals surface area contributed by atoms with Crippen molar-refractivity contribution < 1.29 is 18.3 Å². The molecule has 0 spiro atoms. The van der Waals surface area contributed by atoms with Crippen LogP contribution in [0.4, 0.5) is 4.39 Å². The molecule has 2 heterocycles. The summed E-state index contributed by atoms with van der Waals surface area (Å²) in [5, 5.41) is 7.64. The average Bonchev–Trinajstić information content (AvgIpc) is 3.21. The van der Waals surface area contributed by atoms with Crippen LogP contribution in [0.2, 0.25) is 0 Å². The molecular weight excluding hydrogens is 381 g/mol. The lowest BCUT2D eigenvalue weighted by Gasteiger charge is -2.29. The quantitative estimate of drug-likeness (QED) is 0.611. The number of hydrogen-bond donors (Lipinski definition) is 0. The van der Waals surface area contributed by atoms with E-state index in [1.54, 1.807) is 23.1 Å². The lowest BCUT2D eigenvalue weighted by Crippen LogP contribution is -2.42. The fourth-order valence-electron chi connectivity index (χ4n) is 2.94. The standard InChI is InChI=1S/C20H18FN3O3S/c21-16-9-5-4-8-15(16)18-22-23-20(27-18)28-17(14-6-2-1-3-7-14)19(25)24-10-12-26-13-11-24/h1-9,17H,10-13H2/t17-/m1/s1. The van der Waals surface area contributed by atoms with Crippen molar-refractivity contribution in [3.63, 3.8) is 0 Å². The normalized spacial score (nSPS) is 15.4. The minimum atomic E-state index is -0.534. The molecule has 0 saturated carbocycles. The predicted molar refractivity (Wildman–Crippen MR) is 102 cm³/mol. The number of nitrogens with zero attached hydrogens (tertiary/aromatic N) is 3. The highest BCUT2D eigenvalue weighted by Gasteiger charge is 2.30. The van der Waals surface area contributed by atoms with Crippen molar-refractivity contribution in [1.82, 2.24) is 15.1 Å². The van der Waals surface area contributed by atoms with Crippen molar-refractivity contribution >= 4 is 17.7 Å². The second kappa shape index (κ2) is 8.53. The summed E-state index contributed by atoms with van der Waals surface area (Å²) in [4.78, 5) is 14.9. The fraction of sp³-hybridized carbons (Fsp3) is 0.250. The highest BCUT2D eigenvalue weighted by molar-refractivity contribution is 8.00. The monoisotopic (exact) mass is 399 g/mol. The molecular formula is C20H18FN3O3S. The third-order valence-corrected chi connectivity index (χ3v) is 5.45. The first-order chi connectivity index (χ1) is 13.7. The minimum Gasteiger partial charge on any atom is -0.411 e. The Morgan fingerprint density at radius 3 is 2.50 bits per heavy atom. The summed E-state index contributed by atoms with van der Waals surface area (Å²) >= 11 is 1.17. The van der Waals surface area contributed by atoms with E-state index < -0.39 is 11.1 Å². The van der Waals surface area contributed by atoms with Crippen LogP contribution in [-0.2, 0) is 9.53 Å². The van der Waals surface area contributed by atoms with E-state index in [2.05, 4.69) is 10.2 Å². The molecule has 1 aromatic heterocycles. The molecule has 28 heavy (non-hydrogen) atoms. The Hall–Kier alpha value is -2.71. The van der Waals surface area contributed by atoms with Gasteiger partial charge in [0.15, 0.2) is 0 Å². The van der Waals surface area contributed by atoms with E-state index in [0.29, 0.717) is 26.3 Å². The van der Waals surface area contributed by atoms with Crippen LogP contribution in [0.15, 0.2) is 64.2 Å². The van der Waals surface area contributed by atoms with Crippen molar-refractivity contribution in [2.24, 2.45) is 0 Å². The largest absolute Gasteiger partial charge is 0.411 e. The van der Waals surface area contributed by atoms with Gasteiger partial charge in [0.25, 0.3) is 11.1 Å². The summed E-state index contributed by atoms with van der Waals surface area (Å²) in [5.74, 6) is -0.386. The van der Waals surface area contributed by atoms with Crippen molar-refractivity contribution in [1.29, 1.82) is 0 Å². The SMILES string of the molecule is O=C([C@H](Sc1nnc(-c2ccccc2F)o1)c1ccccc1)N1CCOCC1. The number of amides is 1. The predicted octanol–water partition coefficient (Wildman–Crippen LogP) is 3.57. The van der Waals surface area contributed by atoms with Gasteiger partial charge in [0.1, 0.15) is 11.1 Å². The number of carbonyl (C=O) groups is 1. The third-order valence-electron chi connectivity index (χ3n) is 4.38. The molecule has 1 amide bonds. The van der Waals surface area contributed by atoms with E-state index in [1.807, 2.05) is 30.3 Å². The maximum atomic E-state index is 14.0. The van der Waals surface area contributed by atoms with E-state index in [-0.39, 0.29) is 22.6 Å². The first-order valence-corrected chi connectivity index (χ1v) is 9.77. The molecule has 0 unspecified atom stereocenters. The van der Waals surface area contributed by atoms with Gasteiger partial charge in [0.2, 0.25) is 5.91 Å². The molecule has 3 aromatic rings. The molecule has 2 aromatic carbocycles. The van der Waals surface area contributed by atoms with Crippen LogP contribution in [0, 0.1) is 5.82 Å². The maximum absolute atomic E-state index is 14.0. The number of ether oxygens (including phenoxy) is 1. The highest BCUT2D eigenvalue weighted by atomic mass is 32.2. The molecule has 1 aliphatic rings. The van der Waals surface area contributed by atoms with Crippen LogP contribution in [0.5, 0.6) is 0 Å². The van der Waals surface area contributed by atoms with Crippen molar-refractivity contribution in [2.45, 2.75) is 10.5 Å². The molecule has 0 bridgehead atoms. The Morgan fingerprint density at radius 1 is 1.04 bits per heavy atom. The van der Waals surface area contributed by atoms with Gasteiger partial charge in [-0.3, -0.25) is 4.79 Å². The number of hydrogen-bond acceptors (Lipinski definition) is 6. The topological polar surface area (TPSA) is 68.5 Å². The molecule has 1 atom stereocenters. The Bertz CT molecular complexity index is 945. The summed E-state index contributed by atoms with van der Waals surface area (Å²) < 4.78 is 25.0. The summed E-state index contributed by atoms with van der Waals surface area (Å²) in [6.45, 7) is 2.14. The van der Waals surface area contributed by atoms with Gasteiger partial charge < -0.3 is 14.1 Å². The lowest BCUT2D eigenvalue weighted by atomic mass is 10.1. The molecule has 144 valence electrons. The average molecular weight is 399 g/mol. The summed E-state index contributed by atoms with van der Waals surface area (Å²) in [6.07, 6.45) is 0. The summed E-state index contributed by atoms with van der Waals surface area (Å²) in [6, 6.07) is 15.7. The van der Waals surface area contributed by atoms with Gasteiger partial charge in [0, 0.05) is 13.1 Å². The summed E-state index contributed by atoms with van der Waals surface area (Å²) in [7, 11) is 0. The van der Waals surface area contributed by atoms with Crippen LogP contribution >= 0.6 is 11.8 Å². The Labute approximate surface area is 165 Å². The number of halogens is 1. The van der Waals surface area contributed by atoms with Crippen molar-refractivity contribution in [3.8, 4) is 11.5 Å². The third kappa shape index (κ3) is 4.07. The van der Waals surface area contributed by atoms with Crippen LogP contribution < -0.4 is 0 Å². The number of aromatic nitrogens is 2. The minimum absolute atomic E-state index is 0.0369. The second-order valence-electron chi connectivity index (χ2n) is 6.20. The molecule has 0 N–H and O–H groups in total. The van der Waals surface area contributed by atoms with Crippen LogP contribution in [0.3, 0.4) is 0 Å². The van der Waals surface area contributed by atoms with Gasteiger partial charge in [0.05, 0.1) is 18.8 Å². The molecule has 1 fully saturated rings. The van der Waals surface area contributed by atoms with Gasteiger partial charge in [-0.05, 0) is 29.5 Å². The van der Waals surface area contributed by atoms with Gasteiger partial charge in [-0.1, -0.05) is 42.5 Å². The van der Waals surface area contributed by atoms with Crippen LogP contribution in [-0.4, -0.2) is 47.3 Å². The molecule has 4 rings (SSSR count). The van der Waals surface area contributed by atoms with Crippen molar-refractivity contribution in [2.75, 3.05) is 26.3 Å². The number of carbonyl (C=O) groups excluding carboxylic acids is 1. The zero-order valence-electron chi connectivity index (χ0n) is 15.0. The van der Waals surface area contributed by atoms with Gasteiger partial charge in [-0.2, -0.15) is 0 Å². The van der Waals surface area contributed by atoms with Gasteiger partial charge >= 0.3 is 0 Å². The van der Waals surface area contributed by atoms with Gasteiger partial charge in [-0.25, -0.2) is 4.39 Å². The Morgan fingerprint density at radius 2 is 1.75 bits per heavy atom.